The molecule has 0 bridgehead atoms. The zero-order valence-corrected chi connectivity index (χ0v) is 21.8. The molecule has 0 saturated carbocycles. The molecule has 38 heavy (non-hydrogen) atoms. The van der Waals surface area contributed by atoms with Gasteiger partial charge in [-0.15, -0.1) is 0 Å². The predicted molar refractivity (Wildman–Crippen MR) is 133 cm³/mol. The Morgan fingerprint density at radius 2 is 1.21 bits per heavy atom. The zero-order chi connectivity index (χ0) is 27.1. The van der Waals surface area contributed by atoms with E-state index in [0.717, 1.165) is 0 Å². The summed E-state index contributed by atoms with van der Waals surface area (Å²) in [5, 5.41) is 0. The molecule has 0 aliphatic heterocycles. The van der Waals surface area contributed by atoms with Gasteiger partial charge in [0.25, 0.3) is 6.43 Å². The molecule has 0 aliphatic carbocycles. The molecule has 0 saturated heterocycles. The molecular formula is C26H31F4N3O5. The Bertz CT molecular complexity index is 1220. The van der Waals surface area contributed by atoms with Gasteiger partial charge < -0.3 is 29.8 Å². The Balaban J connectivity index is 0.00000507. The summed E-state index contributed by atoms with van der Waals surface area (Å²) in [4.78, 5) is 8.67. The number of halogens is 4. The molecule has 0 amide bonds. The van der Waals surface area contributed by atoms with Crippen LogP contribution in [0.15, 0.2) is 36.4 Å². The van der Waals surface area contributed by atoms with Crippen molar-refractivity contribution in [2.24, 2.45) is 0 Å². The van der Waals surface area contributed by atoms with E-state index >= 15 is 4.39 Å². The fourth-order valence-corrected chi connectivity index (χ4v) is 3.82. The van der Waals surface area contributed by atoms with Gasteiger partial charge in [-0.05, 0) is 12.1 Å². The number of hydrogen-bond donors (Lipinski definition) is 1. The average molecular weight is 542 g/mol. The molecule has 1 aromatic heterocycles. The minimum Gasteiger partial charge on any atom is -0.497 e. The smallest absolute Gasteiger partial charge is 0.272 e. The first-order valence-corrected chi connectivity index (χ1v) is 11.2. The molecule has 1 heterocycles. The van der Waals surface area contributed by atoms with E-state index in [2.05, 4.69) is 9.97 Å². The lowest BCUT2D eigenvalue weighted by atomic mass is 9.99. The molecule has 3 N–H and O–H groups in total. The SMILES string of the molecule is COc1ccc(Cc2nc(Cc3ccc(OC)cc3OC)c(C(F)C(F)C(F)F)c(OC)n2)c(OC)c1.N. The quantitative estimate of drug-likeness (QED) is 0.301. The molecule has 2 unspecified atom stereocenters. The van der Waals surface area contributed by atoms with Crippen LogP contribution in [0, 0.1) is 0 Å². The van der Waals surface area contributed by atoms with Crippen LogP contribution < -0.4 is 29.8 Å². The van der Waals surface area contributed by atoms with Crippen LogP contribution in [0.4, 0.5) is 17.6 Å². The number of methoxy groups -OCH3 is 5. The molecular weight excluding hydrogens is 510 g/mol. The Hall–Kier alpha value is -3.80. The van der Waals surface area contributed by atoms with Crippen LogP contribution >= 0.6 is 0 Å². The van der Waals surface area contributed by atoms with E-state index in [9.17, 15) is 13.2 Å². The van der Waals surface area contributed by atoms with Crippen molar-refractivity contribution >= 4 is 0 Å². The van der Waals surface area contributed by atoms with Crippen LogP contribution in [0.5, 0.6) is 28.9 Å². The second-order valence-electron chi connectivity index (χ2n) is 7.90. The Labute approximate surface area is 218 Å². The fourth-order valence-electron chi connectivity index (χ4n) is 3.82. The van der Waals surface area contributed by atoms with E-state index < -0.39 is 24.3 Å². The highest BCUT2D eigenvalue weighted by molar-refractivity contribution is 5.46. The predicted octanol–water partition coefficient (Wildman–Crippen LogP) is 5.48. The summed E-state index contributed by atoms with van der Waals surface area (Å²) in [5.74, 6) is 1.82. The first kappa shape index (κ1) is 30.4. The number of benzene rings is 2. The van der Waals surface area contributed by atoms with E-state index in [1.165, 1.54) is 35.5 Å². The van der Waals surface area contributed by atoms with Crippen LogP contribution in [0.3, 0.4) is 0 Å². The van der Waals surface area contributed by atoms with Gasteiger partial charge >= 0.3 is 0 Å². The Kier molecular flexibility index (Phi) is 10.9. The van der Waals surface area contributed by atoms with Gasteiger partial charge in [-0.1, -0.05) is 12.1 Å². The lowest BCUT2D eigenvalue weighted by molar-refractivity contribution is 0.00164. The second kappa shape index (κ2) is 13.7. The van der Waals surface area contributed by atoms with Gasteiger partial charge in [0.1, 0.15) is 28.8 Å². The third kappa shape index (κ3) is 6.74. The summed E-state index contributed by atoms with van der Waals surface area (Å²) >= 11 is 0. The van der Waals surface area contributed by atoms with Gasteiger partial charge in [-0.2, -0.15) is 4.98 Å². The van der Waals surface area contributed by atoms with Crippen molar-refractivity contribution in [2.45, 2.75) is 31.6 Å². The maximum Gasteiger partial charge on any atom is 0.272 e. The third-order valence-electron chi connectivity index (χ3n) is 5.72. The van der Waals surface area contributed by atoms with Crippen molar-refractivity contribution in [3.63, 3.8) is 0 Å². The summed E-state index contributed by atoms with van der Waals surface area (Å²) in [7, 11) is 7.13. The summed E-state index contributed by atoms with van der Waals surface area (Å²) in [6.45, 7) is 0. The topological polar surface area (TPSA) is 107 Å². The Morgan fingerprint density at radius 3 is 1.66 bits per heavy atom. The van der Waals surface area contributed by atoms with Gasteiger partial charge in [0.15, 0.2) is 12.3 Å². The first-order chi connectivity index (χ1) is 17.8. The second-order valence-corrected chi connectivity index (χ2v) is 7.90. The first-order valence-electron chi connectivity index (χ1n) is 11.2. The number of rotatable bonds is 12. The molecule has 208 valence electrons. The van der Waals surface area contributed by atoms with E-state index in [0.29, 0.717) is 34.1 Å². The molecule has 0 fully saturated rings. The van der Waals surface area contributed by atoms with Gasteiger partial charge in [-0.3, -0.25) is 0 Å². The van der Waals surface area contributed by atoms with E-state index in [-0.39, 0.29) is 36.4 Å². The minimum atomic E-state index is -3.55. The largest absolute Gasteiger partial charge is 0.497 e. The lowest BCUT2D eigenvalue weighted by Crippen LogP contribution is -2.22. The maximum absolute atomic E-state index is 15.2. The highest BCUT2D eigenvalue weighted by atomic mass is 19.3. The average Bonchev–Trinajstić information content (AvgIpc) is 2.92. The van der Waals surface area contributed by atoms with Crippen molar-refractivity contribution in [1.29, 1.82) is 0 Å². The number of aromatic nitrogens is 2. The Morgan fingerprint density at radius 1 is 0.684 bits per heavy atom. The summed E-state index contributed by atoms with van der Waals surface area (Å²) in [6.07, 6.45) is -9.32. The highest BCUT2D eigenvalue weighted by Gasteiger charge is 2.36. The third-order valence-corrected chi connectivity index (χ3v) is 5.72. The van der Waals surface area contributed by atoms with Crippen LogP contribution in [0.2, 0.25) is 0 Å². The zero-order valence-electron chi connectivity index (χ0n) is 21.8. The lowest BCUT2D eigenvalue weighted by Gasteiger charge is -2.20. The van der Waals surface area contributed by atoms with Crippen LogP contribution in [0.25, 0.3) is 0 Å². The molecule has 0 aliphatic rings. The maximum atomic E-state index is 15.2. The van der Waals surface area contributed by atoms with Gasteiger partial charge in [-0.25, -0.2) is 22.5 Å². The van der Waals surface area contributed by atoms with E-state index in [1.807, 2.05) is 0 Å². The molecule has 3 rings (SSSR count). The number of alkyl halides is 4. The molecule has 0 radical (unpaired) electrons. The minimum absolute atomic E-state index is 0. The van der Waals surface area contributed by atoms with Crippen molar-refractivity contribution in [3.05, 3.63) is 64.6 Å². The number of ether oxygens (including phenoxy) is 5. The monoisotopic (exact) mass is 541 g/mol. The van der Waals surface area contributed by atoms with Crippen molar-refractivity contribution < 1.29 is 41.2 Å². The molecule has 3 aromatic rings. The number of nitrogens with zero attached hydrogens (tertiary/aromatic N) is 2. The van der Waals surface area contributed by atoms with E-state index in [4.69, 9.17) is 23.7 Å². The normalized spacial score (nSPS) is 12.4. The van der Waals surface area contributed by atoms with E-state index in [1.54, 1.807) is 36.4 Å². The fraction of sp³-hybridized carbons (Fsp3) is 0.385. The van der Waals surface area contributed by atoms with Crippen molar-refractivity contribution in [1.82, 2.24) is 16.1 Å². The molecule has 12 heteroatoms. The van der Waals surface area contributed by atoms with Gasteiger partial charge in [0, 0.05) is 36.1 Å². The molecule has 2 atom stereocenters. The standard InChI is InChI=1S/C26H28F4N2O5.H3N/c1-33-16-8-6-14(19(12-16)35-3)10-18-22(23(27)24(28)25(29)30)26(37-5)32-21(31-18)11-15-7-9-17(34-2)13-20(15)36-4;/h6-9,12-13,23-25H,10-11H2,1-5H3;1H3. The number of hydrogen-bond acceptors (Lipinski definition) is 8. The van der Waals surface area contributed by atoms with Crippen LogP contribution in [-0.4, -0.2) is 58.1 Å². The van der Waals surface area contributed by atoms with Crippen molar-refractivity contribution in [2.75, 3.05) is 35.5 Å². The van der Waals surface area contributed by atoms with Crippen LogP contribution in [-0.2, 0) is 12.8 Å². The molecule has 8 nitrogen and oxygen atoms in total. The summed E-state index contributed by atoms with van der Waals surface area (Å²) < 4.78 is 82.1. The highest BCUT2D eigenvalue weighted by Crippen LogP contribution is 2.38. The molecule has 2 aromatic carbocycles. The van der Waals surface area contributed by atoms with Gasteiger partial charge in [0.2, 0.25) is 5.88 Å². The molecule has 0 spiro atoms. The van der Waals surface area contributed by atoms with Crippen molar-refractivity contribution in [3.8, 4) is 28.9 Å². The van der Waals surface area contributed by atoms with Crippen LogP contribution in [0.1, 0.15) is 34.4 Å². The van der Waals surface area contributed by atoms with Gasteiger partial charge in [0.05, 0.1) is 46.8 Å². The summed E-state index contributed by atoms with van der Waals surface area (Å²) in [6, 6.07) is 10.1. The summed E-state index contributed by atoms with van der Waals surface area (Å²) in [5.41, 5.74) is 0.712.